The summed E-state index contributed by atoms with van der Waals surface area (Å²) < 4.78 is 0. The monoisotopic (exact) mass is 169 g/mol. The maximum Gasteiger partial charge on any atom is 0.0949 e. The maximum atomic E-state index is 7.63. The zero-order valence-electron chi connectivity index (χ0n) is 6.26. The minimum Gasteiger partial charge on any atom is -0.307 e. The molecule has 3 fully saturated rings. The third-order valence-electron chi connectivity index (χ3n) is 2.62. The summed E-state index contributed by atoms with van der Waals surface area (Å²) in [6, 6.07) is 0. The molecule has 4 heteroatoms. The van der Waals surface area contributed by atoms with E-state index in [4.69, 9.17) is 5.41 Å². The largest absolute Gasteiger partial charge is 0.307 e. The van der Waals surface area contributed by atoms with Crippen LogP contribution in [0, 0.1) is 5.41 Å². The number of hydrogen-bond donors (Lipinski definition) is 2. The van der Waals surface area contributed by atoms with Gasteiger partial charge in [-0.05, 0) is 0 Å². The van der Waals surface area contributed by atoms with E-state index in [-0.39, 0.29) is 0 Å². The molecule has 3 aliphatic rings. The van der Waals surface area contributed by atoms with Crippen LogP contribution in [0.3, 0.4) is 0 Å². The summed E-state index contributed by atoms with van der Waals surface area (Å²) in [6.07, 6.45) is 0.952. The number of hydrogen-bond acceptors (Lipinski definition) is 4. The molecule has 0 aliphatic carbocycles. The van der Waals surface area contributed by atoms with Crippen molar-refractivity contribution in [2.24, 2.45) is 0 Å². The van der Waals surface area contributed by atoms with Crippen LogP contribution in [0.25, 0.3) is 0 Å². The fourth-order valence-corrected chi connectivity index (χ4v) is 3.06. The lowest BCUT2D eigenvalue weighted by molar-refractivity contribution is 0.809. The lowest BCUT2D eigenvalue weighted by atomic mass is 10.3. The summed E-state index contributed by atoms with van der Waals surface area (Å²) in [5, 5.41) is 11.3. The van der Waals surface area contributed by atoms with Crippen LogP contribution in [0.4, 0.5) is 0 Å². The maximum absolute atomic E-state index is 7.63. The van der Waals surface area contributed by atoms with Crippen LogP contribution in [0.2, 0.25) is 0 Å². The first-order valence-electron chi connectivity index (χ1n) is 4.04. The minimum absolute atomic E-state index is 0.336. The number of nitrogens with one attached hydrogen (secondary N) is 2. The van der Waals surface area contributed by atoms with Crippen molar-refractivity contribution in [3.05, 3.63) is 0 Å². The molecule has 0 bridgehead atoms. The zero-order chi connectivity index (χ0) is 7.47. The van der Waals surface area contributed by atoms with E-state index in [1.807, 2.05) is 11.8 Å². The molecule has 1 unspecified atom stereocenters. The van der Waals surface area contributed by atoms with Gasteiger partial charge in [-0.2, -0.15) is 0 Å². The van der Waals surface area contributed by atoms with Gasteiger partial charge in [0, 0.05) is 31.8 Å². The number of thioether (sulfide) groups is 1. The van der Waals surface area contributed by atoms with Gasteiger partial charge >= 0.3 is 0 Å². The van der Waals surface area contributed by atoms with Crippen molar-refractivity contribution in [3.63, 3.8) is 0 Å². The fourth-order valence-electron chi connectivity index (χ4n) is 1.55. The summed E-state index contributed by atoms with van der Waals surface area (Å²) in [6.45, 7) is 3.54. The van der Waals surface area contributed by atoms with E-state index < -0.39 is 0 Å². The van der Waals surface area contributed by atoms with Gasteiger partial charge in [-0.1, -0.05) is 0 Å². The SMILES string of the molecule is N=C1CCNC1SC12CN1C2. The first kappa shape index (κ1) is 6.46. The van der Waals surface area contributed by atoms with Crippen LogP contribution in [-0.2, 0) is 0 Å². The summed E-state index contributed by atoms with van der Waals surface area (Å²) >= 11 is 1.95. The molecule has 3 saturated heterocycles. The average molecular weight is 169 g/mol. The summed E-state index contributed by atoms with van der Waals surface area (Å²) in [4.78, 5) is 2.94. The molecule has 3 aliphatic heterocycles. The highest BCUT2D eigenvalue weighted by Gasteiger charge is 2.69. The molecule has 2 N–H and O–H groups in total. The van der Waals surface area contributed by atoms with Crippen LogP contribution in [0.1, 0.15) is 6.42 Å². The lowest BCUT2D eigenvalue weighted by Crippen LogP contribution is -2.25. The molecule has 0 spiro atoms. The standard InChI is InChI=1S/C7H11N3S/c8-5-1-2-9-6(5)11-7-3-10(7)4-7/h6,8-9H,1-4H2. The van der Waals surface area contributed by atoms with Gasteiger partial charge in [0.25, 0.3) is 0 Å². The van der Waals surface area contributed by atoms with E-state index in [0.717, 1.165) is 18.7 Å². The Kier molecular flexibility index (Phi) is 1.06. The topological polar surface area (TPSA) is 38.9 Å². The van der Waals surface area contributed by atoms with Crippen molar-refractivity contribution in [2.45, 2.75) is 16.7 Å². The van der Waals surface area contributed by atoms with Crippen molar-refractivity contribution < 1.29 is 0 Å². The Bertz CT molecular complexity index is 222. The first-order chi connectivity index (χ1) is 5.30. The molecule has 3 heterocycles. The van der Waals surface area contributed by atoms with Crippen molar-refractivity contribution in [1.82, 2.24) is 10.2 Å². The van der Waals surface area contributed by atoms with E-state index in [2.05, 4.69) is 10.2 Å². The Morgan fingerprint density at radius 2 is 2.36 bits per heavy atom. The van der Waals surface area contributed by atoms with Crippen molar-refractivity contribution in [1.29, 1.82) is 5.41 Å². The van der Waals surface area contributed by atoms with Gasteiger partial charge in [0.05, 0.1) is 10.2 Å². The van der Waals surface area contributed by atoms with Gasteiger partial charge in [-0.15, -0.1) is 11.8 Å². The number of rotatable bonds is 2. The molecule has 0 aromatic rings. The third kappa shape index (κ3) is 0.863. The van der Waals surface area contributed by atoms with Crippen LogP contribution in [0.5, 0.6) is 0 Å². The number of nitrogens with zero attached hydrogens (tertiary/aromatic N) is 1. The second kappa shape index (κ2) is 1.81. The number of fused-ring (bicyclic) bond motifs is 1. The highest BCUT2D eigenvalue weighted by Crippen LogP contribution is 2.58. The molecule has 0 aromatic carbocycles. The molecule has 3 nitrogen and oxygen atoms in total. The quantitative estimate of drug-likeness (QED) is 0.575. The van der Waals surface area contributed by atoms with Crippen LogP contribution < -0.4 is 5.32 Å². The molecule has 1 atom stereocenters. The Morgan fingerprint density at radius 3 is 2.82 bits per heavy atom. The summed E-state index contributed by atoms with van der Waals surface area (Å²) in [7, 11) is 0. The molecule has 60 valence electrons. The Hall–Kier alpha value is -0.0600. The normalized spacial score (nSPS) is 52.5. The Labute approximate surface area is 70.0 Å². The second-order valence-electron chi connectivity index (χ2n) is 3.53. The zero-order valence-corrected chi connectivity index (χ0v) is 7.08. The van der Waals surface area contributed by atoms with E-state index >= 15 is 0 Å². The predicted octanol–water partition coefficient (Wildman–Crippen LogP) is 0.0843. The highest BCUT2D eigenvalue weighted by atomic mass is 32.2. The Balaban J connectivity index is 1.65. The third-order valence-corrected chi connectivity index (χ3v) is 4.27. The van der Waals surface area contributed by atoms with Crippen LogP contribution in [0.15, 0.2) is 0 Å². The van der Waals surface area contributed by atoms with E-state index in [1.165, 1.54) is 13.1 Å². The molecule has 0 radical (unpaired) electrons. The van der Waals surface area contributed by atoms with Crippen LogP contribution in [-0.4, -0.2) is 40.5 Å². The predicted molar refractivity (Wildman–Crippen MR) is 46.0 cm³/mol. The first-order valence-corrected chi connectivity index (χ1v) is 4.92. The average Bonchev–Trinajstić information content (AvgIpc) is 2.68. The highest BCUT2D eigenvalue weighted by molar-refractivity contribution is 8.02. The smallest absolute Gasteiger partial charge is 0.0949 e. The van der Waals surface area contributed by atoms with Gasteiger partial charge in [0.15, 0.2) is 0 Å². The summed E-state index contributed by atoms with van der Waals surface area (Å²) in [5.41, 5.74) is 0.892. The van der Waals surface area contributed by atoms with E-state index in [0.29, 0.717) is 10.2 Å². The summed E-state index contributed by atoms with van der Waals surface area (Å²) in [5.74, 6) is 0. The van der Waals surface area contributed by atoms with Gasteiger partial charge in [0.2, 0.25) is 0 Å². The van der Waals surface area contributed by atoms with E-state index in [1.54, 1.807) is 0 Å². The van der Waals surface area contributed by atoms with Crippen LogP contribution >= 0.6 is 11.8 Å². The van der Waals surface area contributed by atoms with Gasteiger partial charge in [0.1, 0.15) is 0 Å². The molecule has 0 aromatic heterocycles. The van der Waals surface area contributed by atoms with Crippen molar-refractivity contribution in [3.8, 4) is 0 Å². The van der Waals surface area contributed by atoms with E-state index in [9.17, 15) is 0 Å². The second-order valence-corrected chi connectivity index (χ2v) is 5.00. The van der Waals surface area contributed by atoms with Crippen molar-refractivity contribution in [2.75, 3.05) is 19.6 Å². The molecular weight excluding hydrogens is 158 g/mol. The van der Waals surface area contributed by atoms with Gasteiger partial charge < -0.3 is 10.7 Å². The molecular formula is C7H11N3S. The molecule has 3 rings (SSSR count). The minimum atomic E-state index is 0.336. The van der Waals surface area contributed by atoms with Gasteiger partial charge in [-0.25, -0.2) is 0 Å². The molecule has 0 amide bonds. The van der Waals surface area contributed by atoms with Gasteiger partial charge in [-0.3, -0.25) is 4.90 Å². The van der Waals surface area contributed by atoms with Crippen molar-refractivity contribution >= 4 is 17.5 Å². The molecule has 0 saturated carbocycles. The molecule has 11 heavy (non-hydrogen) atoms. The fraction of sp³-hybridized carbons (Fsp3) is 0.857. The lowest BCUT2D eigenvalue weighted by Gasteiger charge is -2.09. The Morgan fingerprint density at radius 1 is 1.64 bits per heavy atom.